The first-order chi connectivity index (χ1) is 13.9. The maximum atomic E-state index is 12.9. The van der Waals surface area contributed by atoms with Gasteiger partial charge in [0.2, 0.25) is 0 Å². The number of nitrogens with one attached hydrogen (secondary N) is 2. The van der Waals surface area contributed by atoms with Crippen molar-refractivity contribution in [2.24, 2.45) is 0 Å². The fourth-order valence-electron chi connectivity index (χ4n) is 2.45. The van der Waals surface area contributed by atoms with Crippen LogP contribution in [-0.4, -0.2) is 38.5 Å². The van der Waals surface area contributed by atoms with Crippen LogP contribution >= 0.6 is 0 Å². The van der Waals surface area contributed by atoms with Crippen molar-refractivity contribution in [2.45, 2.75) is 4.90 Å². The summed E-state index contributed by atoms with van der Waals surface area (Å²) in [6, 6.07) is 10.7. The van der Waals surface area contributed by atoms with Crippen molar-refractivity contribution in [2.75, 3.05) is 24.3 Å². The average Bonchev–Trinajstić information content (AvgIpc) is 2.74. The molecule has 3 aromatic rings. The van der Waals surface area contributed by atoms with Crippen LogP contribution in [0, 0.1) is 0 Å². The molecule has 150 valence electrons. The molecular formula is C19H18N4O5S. The van der Waals surface area contributed by atoms with Gasteiger partial charge in [0.25, 0.3) is 15.9 Å². The van der Waals surface area contributed by atoms with Crippen LogP contribution in [0.2, 0.25) is 0 Å². The summed E-state index contributed by atoms with van der Waals surface area (Å²) in [5.74, 6) is 0.206. The lowest BCUT2D eigenvalue weighted by molar-refractivity contribution is 0.102. The van der Waals surface area contributed by atoms with Gasteiger partial charge in [0.1, 0.15) is 22.1 Å². The second-order valence-electron chi connectivity index (χ2n) is 5.74. The zero-order valence-electron chi connectivity index (χ0n) is 15.6. The minimum atomic E-state index is -3.99. The Bertz CT molecular complexity index is 1100. The van der Waals surface area contributed by atoms with Crippen LogP contribution in [0.1, 0.15) is 10.5 Å². The van der Waals surface area contributed by atoms with Gasteiger partial charge in [0.05, 0.1) is 20.4 Å². The molecule has 0 fully saturated rings. The Morgan fingerprint density at radius 2 is 1.69 bits per heavy atom. The van der Waals surface area contributed by atoms with Gasteiger partial charge in [-0.15, -0.1) is 0 Å². The number of nitrogens with zero attached hydrogens (tertiary/aromatic N) is 2. The van der Waals surface area contributed by atoms with Gasteiger partial charge in [-0.25, -0.2) is 13.4 Å². The minimum Gasteiger partial charge on any atom is -0.497 e. The maximum Gasteiger partial charge on any atom is 0.275 e. The van der Waals surface area contributed by atoms with Gasteiger partial charge in [-0.3, -0.25) is 14.5 Å². The summed E-state index contributed by atoms with van der Waals surface area (Å²) in [6.07, 6.45) is 4.14. The third kappa shape index (κ3) is 4.79. The van der Waals surface area contributed by atoms with Gasteiger partial charge in [0, 0.05) is 23.8 Å². The molecule has 0 radical (unpaired) electrons. The Morgan fingerprint density at radius 1 is 0.966 bits per heavy atom. The highest BCUT2D eigenvalue weighted by Gasteiger charge is 2.21. The number of carbonyl (C=O) groups is 1. The van der Waals surface area contributed by atoms with Crippen LogP contribution in [0.25, 0.3) is 0 Å². The second-order valence-corrected chi connectivity index (χ2v) is 7.40. The van der Waals surface area contributed by atoms with Crippen molar-refractivity contribution >= 4 is 27.3 Å². The standard InChI is InChI=1S/C19H18N4O5S/c1-27-15-6-3-13(4-7-15)23-29(25,26)18-11-14(5-8-17(18)28-2)22-19(24)16-12-20-9-10-21-16/h3-12,23H,1-2H3,(H,22,24). The number of anilines is 2. The predicted molar refractivity (Wildman–Crippen MR) is 107 cm³/mol. The number of sulfonamides is 1. The van der Waals surface area contributed by atoms with Crippen LogP contribution in [0.3, 0.4) is 0 Å². The van der Waals surface area contributed by atoms with Crippen LogP contribution in [0.15, 0.2) is 66.0 Å². The average molecular weight is 414 g/mol. The van der Waals surface area contributed by atoms with Crippen LogP contribution < -0.4 is 19.5 Å². The summed E-state index contributed by atoms with van der Waals surface area (Å²) in [4.78, 5) is 19.9. The Balaban J connectivity index is 1.88. The number of ether oxygens (including phenoxy) is 2. The predicted octanol–water partition coefficient (Wildman–Crippen LogP) is 2.55. The quantitative estimate of drug-likeness (QED) is 0.610. The molecule has 0 spiro atoms. The van der Waals surface area contributed by atoms with E-state index in [2.05, 4.69) is 20.0 Å². The SMILES string of the molecule is COc1ccc(NS(=O)(=O)c2cc(NC(=O)c3cnccn3)ccc2OC)cc1. The molecule has 0 saturated carbocycles. The molecule has 10 heteroatoms. The molecule has 1 amide bonds. The molecule has 0 aliphatic carbocycles. The van der Waals surface area contributed by atoms with E-state index in [9.17, 15) is 13.2 Å². The molecule has 0 aliphatic rings. The zero-order chi connectivity index (χ0) is 20.9. The highest BCUT2D eigenvalue weighted by atomic mass is 32.2. The number of hydrogen-bond acceptors (Lipinski definition) is 7. The molecular weight excluding hydrogens is 396 g/mol. The van der Waals surface area contributed by atoms with Gasteiger partial charge in [-0.2, -0.15) is 0 Å². The summed E-state index contributed by atoms with van der Waals surface area (Å²) in [7, 11) is -1.11. The van der Waals surface area contributed by atoms with Crippen LogP contribution in [-0.2, 0) is 10.0 Å². The first-order valence-electron chi connectivity index (χ1n) is 8.35. The number of rotatable bonds is 7. The molecule has 3 rings (SSSR count). The molecule has 0 aliphatic heterocycles. The van der Waals surface area contributed by atoms with Gasteiger partial charge in [-0.1, -0.05) is 0 Å². The van der Waals surface area contributed by atoms with Gasteiger partial charge in [-0.05, 0) is 42.5 Å². The van der Waals surface area contributed by atoms with E-state index >= 15 is 0 Å². The van der Waals surface area contributed by atoms with E-state index in [1.165, 1.54) is 51.0 Å². The summed E-state index contributed by atoms with van der Waals surface area (Å²) >= 11 is 0. The molecule has 1 heterocycles. The number of carbonyl (C=O) groups excluding carboxylic acids is 1. The van der Waals surface area contributed by atoms with E-state index in [1.807, 2.05) is 0 Å². The van der Waals surface area contributed by atoms with E-state index < -0.39 is 15.9 Å². The summed E-state index contributed by atoms with van der Waals surface area (Å²) in [6.45, 7) is 0. The monoisotopic (exact) mass is 414 g/mol. The van der Waals surface area contributed by atoms with Gasteiger partial charge < -0.3 is 14.8 Å². The molecule has 0 bridgehead atoms. The molecule has 0 atom stereocenters. The van der Waals surface area contributed by atoms with E-state index in [1.54, 1.807) is 24.3 Å². The lowest BCUT2D eigenvalue weighted by Crippen LogP contribution is -2.16. The summed E-state index contributed by atoms with van der Waals surface area (Å²) in [5, 5.41) is 2.60. The van der Waals surface area contributed by atoms with E-state index in [-0.39, 0.29) is 22.0 Å². The Morgan fingerprint density at radius 3 is 2.31 bits per heavy atom. The zero-order valence-corrected chi connectivity index (χ0v) is 16.4. The molecule has 0 saturated heterocycles. The number of hydrogen-bond donors (Lipinski definition) is 2. The number of benzene rings is 2. The molecule has 1 aromatic heterocycles. The summed E-state index contributed by atoms with van der Waals surface area (Å²) in [5.41, 5.74) is 0.711. The topological polar surface area (TPSA) is 120 Å². The number of aromatic nitrogens is 2. The lowest BCUT2D eigenvalue weighted by atomic mass is 10.3. The molecule has 2 aromatic carbocycles. The van der Waals surface area contributed by atoms with Crippen molar-refractivity contribution in [3.8, 4) is 11.5 Å². The molecule has 9 nitrogen and oxygen atoms in total. The van der Waals surface area contributed by atoms with Gasteiger partial charge in [0.15, 0.2) is 0 Å². The maximum absolute atomic E-state index is 12.9. The Kier molecular flexibility index (Phi) is 5.93. The van der Waals surface area contributed by atoms with Crippen LogP contribution in [0.5, 0.6) is 11.5 Å². The van der Waals surface area contributed by atoms with E-state index in [0.717, 1.165) is 0 Å². The summed E-state index contributed by atoms with van der Waals surface area (Å²) < 4.78 is 38.5. The van der Waals surface area contributed by atoms with Crippen molar-refractivity contribution < 1.29 is 22.7 Å². The largest absolute Gasteiger partial charge is 0.497 e. The third-order valence-corrected chi connectivity index (χ3v) is 5.25. The van der Waals surface area contributed by atoms with Gasteiger partial charge >= 0.3 is 0 Å². The molecule has 0 unspecified atom stereocenters. The number of methoxy groups -OCH3 is 2. The van der Waals surface area contributed by atoms with E-state index in [0.29, 0.717) is 11.4 Å². The Hall–Kier alpha value is -3.66. The molecule has 29 heavy (non-hydrogen) atoms. The van der Waals surface area contributed by atoms with E-state index in [4.69, 9.17) is 9.47 Å². The first kappa shape index (κ1) is 20.1. The third-order valence-electron chi connectivity index (χ3n) is 3.85. The smallest absolute Gasteiger partial charge is 0.275 e. The van der Waals surface area contributed by atoms with Crippen molar-refractivity contribution in [3.05, 3.63) is 66.7 Å². The highest BCUT2D eigenvalue weighted by molar-refractivity contribution is 7.92. The minimum absolute atomic E-state index is 0.101. The lowest BCUT2D eigenvalue weighted by Gasteiger charge is -2.14. The normalized spacial score (nSPS) is 10.8. The van der Waals surface area contributed by atoms with Crippen molar-refractivity contribution in [1.82, 2.24) is 9.97 Å². The number of amides is 1. The highest BCUT2D eigenvalue weighted by Crippen LogP contribution is 2.29. The fraction of sp³-hybridized carbons (Fsp3) is 0.105. The molecule has 2 N–H and O–H groups in total. The fourth-order valence-corrected chi connectivity index (χ4v) is 3.70. The Labute approximate surface area is 167 Å². The first-order valence-corrected chi connectivity index (χ1v) is 9.83. The van der Waals surface area contributed by atoms with Crippen molar-refractivity contribution in [1.29, 1.82) is 0 Å². The van der Waals surface area contributed by atoms with Crippen LogP contribution in [0.4, 0.5) is 11.4 Å². The van der Waals surface area contributed by atoms with Crippen molar-refractivity contribution in [3.63, 3.8) is 0 Å². The second kappa shape index (κ2) is 8.57.